The lowest BCUT2D eigenvalue weighted by Crippen LogP contribution is -2.53. The third kappa shape index (κ3) is 7.98. The molecule has 2 saturated heterocycles. The van der Waals surface area contributed by atoms with Crippen LogP contribution in [0.3, 0.4) is 0 Å². The van der Waals surface area contributed by atoms with Gasteiger partial charge in [0.1, 0.15) is 6.04 Å². The number of amides is 3. The van der Waals surface area contributed by atoms with E-state index in [1.165, 1.54) is 44.2 Å². The maximum atomic E-state index is 13.6. The van der Waals surface area contributed by atoms with Crippen molar-refractivity contribution in [2.45, 2.75) is 63.8 Å². The van der Waals surface area contributed by atoms with E-state index in [9.17, 15) is 14.4 Å². The molecule has 3 fully saturated rings. The fourth-order valence-corrected chi connectivity index (χ4v) is 6.42. The second-order valence-electron chi connectivity index (χ2n) is 10.8. The lowest BCUT2D eigenvalue weighted by molar-refractivity contribution is -0.137. The third-order valence-electron chi connectivity index (χ3n) is 8.28. The van der Waals surface area contributed by atoms with Crippen molar-refractivity contribution in [1.29, 1.82) is 0 Å². The first-order valence-electron chi connectivity index (χ1n) is 13.3. The maximum Gasteiger partial charge on any atom is 0.252 e. The summed E-state index contributed by atoms with van der Waals surface area (Å²) in [7, 11) is 2.05. The van der Waals surface area contributed by atoms with E-state index in [-0.39, 0.29) is 37.1 Å². The minimum absolute atomic E-state index is 0. The van der Waals surface area contributed by atoms with Gasteiger partial charge in [0, 0.05) is 61.3 Å². The summed E-state index contributed by atoms with van der Waals surface area (Å²) in [6, 6.07) is 3.86. The zero-order valence-electron chi connectivity index (χ0n) is 21.6. The van der Waals surface area contributed by atoms with Crippen molar-refractivity contribution in [2.75, 3.05) is 46.3 Å². The number of nitrogens with zero attached hydrogens (tertiary/aromatic N) is 3. The Morgan fingerprint density at radius 3 is 2.05 bits per heavy atom. The van der Waals surface area contributed by atoms with Gasteiger partial charge in [0.2, 0.25) is 11.8 Å². The summed E-state index contributed by atoms with van der Waals surface area (Å²) in [6.07, 6.45) is 8.90. The second kappa shape index (κ2) is 13.5. The van der Waals surface area contributed by atoms with Crippen molar-refractivity contribution in [3.05, 3.63) is 33.8 Å². The Hall–Kier alpha value is -1.54. The summed E-state index contributed by atoms with van der Waals surface area (Å²) in [4.78, 5) is 45.5. The molecule has 0 radical (unpaired) electrons. The number of carbonyl (C=O) groups is 3. The van der Waals surface area contributed by atoms with Crippen LogP contribution in [0.1, 0.15) is 68.1 Å². The normalized spacial score (nSPS) is 20.7. The van der Waals surface area contributed by atoms with Crippen LogP contribution >= 0.6 is 35.6 Å². The smallest absolute Gasteiger partial charge is 0.252 e. The van der Waals surface area contributed by atoms with Gasteiger partial charge < -0.3 is 20.0 Å². The molecule has 2 aliphatic heterocycles. The van der Waals surface area contributed by atoms with Crippen LogP contribution in [0.2, 0.25) is 10.0 Å². The van der Waals surface area contributed by atoms with Gasteiger partial charge in [0.25, 0.3) is 5.91 Å². The molecule has 1 aliphatic carbocycles. The lowest BCUT2D eigenvalue weighted by atomic mass is 9.68. The summed E-state index contributed by atoms with van der Waals surface area (Å²) < 4.78 is 0. The predicted octanol–water partition coefficient (Wildman–Crippen LogP) is 4.64. The van der Waals surface area contributed by atoms with Crippen molar-refractivity contribution in [3.63, 3.8) is 0 Å². The molecule has 1 N–H and O–H groups in total. The van der Waals surface area contributed by atoms with Gasteiger partial charge in [-0.2, -0.15) is 0 Å². The Labute approximate surface area is 236 Å². The summed E-state index contributed by atoms with van der Waals surface area (Å²) in [5.41, 5.74) is 0.679. The molecule has 1 aromatic rings. The van der Waals surface area contributed by atoms with Crippen LogP contribution in [0.15, 0.2) is 18.2 Å². The number of carbonyl (C=O) groups excluding carboxylic acids is 3. The van der Waals surface area contributed by atoms with Crippen molar-refractivity contribution >= 4 is 53.3 Å². The molecule has 1 spiro atoms. The topological polar surface area (TPSA) is 73.0 Å². The highest BCUT2D eigenvalue weighted by molar-refractivity contribution is 6.35. The Morgan fingerprint density at radius 1 is 0.865 bits per heavy atom. The molecule has 4 rings (SSSR count). The van der Waals surface area contributed by atoms with Gasteiger partial charge in [-0.1, -0.05) is 42.5 Å². The fourth-order valence-electron chi connectivity index (χ4n) is 5.89. The average molecular weight is 574 g/mol. The van der Waals surface area contributed by atoms with Crippen molar-refractivity contribution < 1.29 is 14.4 Å². The van der Waals surface area contributed by atoms with Crippen molar-refractivity contribution in [3.8, 4) is 0 Å². The molecule has 0 aromatic heterocycles. The maximum absolute atomic E-state index is 13.6. The second-order valence-corrected chi connectivity index (χ2v) is 11.7. The molecule has 10 heteroatoms. The molecule has 1 saturated carbocycles. The van der Waals surface area contributed by atoms with E-state index < -0.39 is 11.9 Å². The lowest BCUT2D eigenvalue weighted by Gasteiger charge is -2.45. The number of likely N-dealkylation sites (tertiary alicyclic amines) is 1. The zero-order chi connectivity index (χ0) is 25.7. The molecular formula is C27H39Cl3N4O3. The number of hydrogen-bond acceptors (Lipinski definition) is 4. The van der Waals surface area contributed by atoms with Crippen molar-refractivity contribution in [1.82, 2.24) is 20.0 Å². The molecule has 0 bridgehead atoms. The monoisotopic (exact) mass is 572 g/mol. The molecule has 3 amide bonds. The first kappa shape index (κ1) is 30.0. The first-order chi connectivity index (χ1) is 17.2. The highest BCUT2D eigenvalue weighted by atomic mass is 35.5. The van der Waals surface area contributed by atoms with Crippen LogP contribution in [0.5, 0.6) is 0 Å². The van der Waals surface area contributed by atoms with Crippen molar-refractivity contribution in [2.24, 2.45) is 5.41 Å². The van der Waals surface area contributed by atoms with Crippen LogP contribution in [0.25, 0.3) is 0 Å². The van der Waals surface area contributed by atoms with Crippen LogP contribution in [0, 0.1) is 5.41 Å². The van der Waals surface area contributed by atoms with Gasteiger partial charge >= 0.3 is 0 Å². The Morgan fingerprint density at radius 2 is 1.46 bits per heavy atom. The average Bonchev–Trinajstić information content (AvgIpc) is 2.86. The van der Waals surface area contributed by atoms with E-state index in [0.29, 0.717) is 47.2 Å². The highest BCUT2D eigenvalue weighted by Crippen LogP contribution is 2.44. The number of hydrogen-bond donors (Lipinski definition) is 1. The van der Waals surface area contributed by atoms with Crippen LogP contribution in [-0.2, 0) is 9.59 Å². The molecule has 7 nitrogen and oxygen atoms in total. The Balaban J connectivity index is 0.00000380. The van der Waals surface area contributed by atoms with Gasteiger partial charge in [0.05, 0.1) is 0 Å². The van der Waals surface area contributed by atoms with E-state index in [4.69, 9.17) is 23.2 Å². The third-order valence-corrected chi connectivity index (χ3v) is 8.72. The number of piperazine rings is 1. The first-order valence-corrected chi connectivity index (χ1v) is 14.0. The standard InChI is InChI=1S/C27H38Cl2N4O3.ClH/c1-31-13-15-32(16-14-31)24(34)6-5-23(30-25(35)20-17-21(28)19-22(29)18-20)26(36)33-11-9-27(10-12-33)7-3-2-4-8-27;/h17-19,23H,2-16H2,1H3,(H,30,35);1H. The van der Waals surface area contributed by atoms with Gasteiger partial charge in [-0.05, 0) is 62.8 Å². The van der Waals surface area contributed by atoms with E-state index >= 15 is 0 Å². The number of halogens is 3. The molecule has 37 heavy (non-hydrogen) atoms. The molecular weight excluding hydrogens is 535 g/mol. The molecule has 1 atom stereocenters. The van der Waals surface area contributed by atoms with Gasteiger partial charge in [-0.25, -0.2) is 0 Å². The SMILES string of the molecule is CN1CCN(C(=O)CCC(NC(=O)c2cc(Cl)cc(Cl)c2)C(=O)N2CCC3(CCCCC3)CC2)CC1.Cl. The molecule has 3 aliphatic rings. The van der Waals surface area contributed by atoms with Crippen LogP contribution in [0.4, 0.5) is 0 Å². The summed E-state index contributed by atoms with van der Waals surface area (Å²) >= 11 is 12.2. The highest BCUT2D eigenvalue weighted by Gasteiger charge is 2.38. The fraction of sp³-hybridized carbons (Fsp3) is 0.667. The minimum Gasteiger partial charge on any atom is -0.341 e. The summed E-state index contributed by atoms with van der Waals surface area (Å²) in [6.45, 7) is 4.48. The number of nitrogens with one attached hydrogen (secondary N) is 1. The minimum atomic E-state index is -0.771. The largest absolute Gasteiger partial charge is 0.341 e. The molecule has 206 valence electrons. The van der Waals surface area contributed by atoms with E-state index in [2.05, 4.69) is 10.2 Å². The summed E-state index contributed by atoms with van der Waals surface area (Å²) in [5, 5.41) is 3.61. The molecule has 1 unspecified atom stereocenters. The number of piperidine rings is 1. The van der Waals surface area contributed by atoms with E-state index in [1.54, 1.807) is 6.07 Å². The summed E-state index contributed by atoms with van der Waals surface area (Å²) in [5.74, 6) is -0.486. The number of rotatable bonds is 6. The zero-order valence-corrected chi connectivity index (χ0v) is 24.0. The van der Waals surface area contributed by atoms with Gasteiger partial charge in [0.15, 0.2) is 0 Å². The van der Waals surface area contributed by atoms with Gasteiger partial charge in [-0.15, -0.1) is 12.4 Å². The van der Waals surface area contributed by atoms with E-state index in [1.807, 2.05) is 16.8 Å². The van der Waals surface area contributed by atoms with Crippen LogP contribution < -0.4 is 5.32 Å². The number of likely N-dealkylation sites (N-methyl/N-ethyl adjacent to an activating group) is 1. The Bertz CT molecular complexity index is 932. The van der Waals surface area contributed by atoms with E-state index in [0.717, 1.165) is 25.9 Å². The molecule has 1 aromatic carbocycles. The quantitative estimate of drug-likeness (QED) is 0.538. The number of benzene rings is 1. The molecule has 2 heterocycles. The Kier molecular flexibility index (Phi) is 10.9. The van der Waals surface area contributed by atoms with Crippen LogP contribution in [-0.4, -0.2) is 84.8 Å². The predicted molar refractivity (Wildman–Crippen MR) is 150 cm³/mol. The van der Waals surface area contributed by atoms with Gasteiger partial charge in [-0.3, -0.25) is 14.4 Å².